The molecule has 2 rings (SSSR count). The summed E-state index contributed by atoms with van der Waals surface area (Å²) in [5, 5.41) is 2.57. The predicted molar refractivity (Wildman–Crippen MR) is 101 cm³/mol. The molecule has 10 heteroatoms. The zero-order valence-corrected chi connectivity index (χ0v) is 16.8. The fraction of sp³-hybridized carbons (Fsp3) is 0.250. The van der Waals surface area contributed by atoms with Crippen molar-refractivity contribution in [3.8, 4) is 0 Å². The summed E-state index contributed by atoms with van der Waals surface area (Å²) in [4.78, 5) is 25.5. The fourth-order valence-electron chi connectivity index (χ4n) is 2.24. The van der Waals surface area contributed by atoms with E-state index in [4.69, 9.17) is 4.42 Å². The molecule has 0 spiro atoms. The lowest BCUT2D eigenvalue weighted by Gasteiger charge is -2.19. The van der Waals surface area contributed by atoms with Gasteiger partial charge in [-0.15, -0.1) is 0 Å². The summed E-state index contributed by atoms with van der Waals surface area (Å²) in [5.74, 6) is -0.180. The molecule has 26 heavy (non-hydrogen) atoms. The first-order valence-electron chi connectivity index (χ1n) is 7.44. The number of hydrogen-bond acceptors (Lipinski definition) is 5. The third-order valence-corrected chi connectivity index (χ3v) is 4.25. The van der Waals surface area contributed by atoms with Gasteiger partial charge in [-0.05, 0) is 46.3 Å². The van der Waals surface area contributed by atoms with Crippen LogP contribution in [0.3, 0.4) is 0 Å². The minimum absolute atomic E-state index is 0.106. The second-order valence-corrected chi connectivity index (χ2v) is 8.21. The van der Waals surface area contributed by atoms with E-state index in [1.807, 2.05) is 0 Å². The summed E-state index contributed by atoms with van der Waals surface area (Å²) in [7, 11) is -2.02. The Morgan fingerprint density at radius 2 is 1.92 bits per heavy atom. The molecule has 1 aromatic carbocycles. The maximum absolute atomic E-state index is 12.8. The number of hydrogen-bond donors (Lipinski definition) is 2. The van der Waals surface area contributed by atoms with Gasteiger partial charge in [-0.2, -0.15) is 0 Å². The van der Waals surface area contributed by atoms with Crippen molar-refractivity contribution in [2.24, 2.45) is 0 Å². The van der Waals surface area contributed by atoms with Gasteiger partial charge in [-0.1, -0.05) is 0 Å². The third kappa shape index (κ3) is 5.60. The van der Waals surface area contributed by atoms with Crippen molar-refractivity contribution in [1.29, 1.82) is 0 Å². The van der Waals surface area contributed by atoms with Crippen LogP contribution >= 0.6 is 15.9 Å². The maximum Gasteiger partial charge on any atom is 0.256 e. The molecule has 0 aliphatic rings. The van der Waals surface area contributed by atoms with Gasteiger partial charge in [-0.25, -0.2) is 8.42 Å². The van der Waals surface area contributed by atoms with Crippen LogP contribution in [0.25, 0.3) is 0 Å². The molecule has 8 nitrogen and oxygen atoms in total. The normalized spacial score (nSPS) is 11.1. The fourth-order valence-corrected chi connectivity index (χ4v) is 3.16. The van der Waals surface area contributed by atoms with Crippen LogP contribution in [0.15, 0.2) is 39.4 Å². The van der Waals surface area contributed by atoms with Crippen LogP contribution in [0.5, 0.6) is 0 Å². The molecule has 0 radical (unpaired) electrons. The standard InChI is InChI=1S/C16H18BrN3O5S/c1-10(21)18-11-4-6-14(19-26(3,23)24)13(8-11)16(22)20(2)9-12-5-7-15(17)25-12/h4-8,19H,9H2,1-3H3,(H,18,21). The van der Waals surface area contributed by atoms with Crippen LogP contribution in [-0.2, 0) is 21.4 Å². The lowest BCUT2D eigenvalue weighted by atomic mass is 10.1. The Balaban J connectivity index is 2.35. The van der Waals surface area contributed by atoms with Crippen molar-refractivity contribution < 1.29 is 22.4 Å². The first kappa shape index (κ1) is 20.0. The van der Waals surface area contributed by atoms with Gasteiger partial charge in [0.2, 0.25) is 15.9 Å². The van der Waals surface area contributed by atoms with Crippen molar-refractivity contribution in [2.75, 3.05) is 23.3 Å². The average Bonchev–Trinajstić information content (AvgIpc) is 2.91. The van der Waals surface area contributed by atoms with E-state index in [9.17, 15) is 18.0 Å². The van der Waals surface area contributed by atoms with Crippen LogP contribution in [0, 0.1) is 0 Å². The minimum atomic E-state index is -3.58. The van der Waals surface area contributed by atoms with E-state index >= 15 is 0 Å². The molecule has 2 amide bonds. The average molecular weight is 444 g/mol. The maximum atomic E-state index is 12.8. The number of furan rings is 1. The molecule has 1 aromatic heterocycles. The Morgan fingerprint density at radius 3 is 2.46 bits per heavy atom. The van der Waals surface area contributed by atoms with Crippen LogP contribution in [0.1, 0.15) is 23.0 Å². The number of sulfonamides is 1. The summed E-state index contributed by atoms with van der Waals surface area (Å²) in [6.45, 7) is 1.53. The van der Waals surface area contributed by atoms with E-state index in [1.165, 1.54) is 30.0 Å². The molecule has 1 heterocycles. The molecule has 0 saturated heterocycles. The Bertz CT molecular complexity index is 939. The van der Waals surface area contributed by atoms with E-state index in [1.54, 1.807) is 19.2 Å². The summed E-state index contributed by atoms with van der Waals surface area (Å²) >= 11 is 3.19. The first-order valence-corrected chi connectivity index (χ1v) is 10.1. The number of anilines is 2. The lowest BCUT2D eigenvalue weighted by Crippen LogP contribution is -2.27. The number of amides is 2. The summed E-state index contributed by atoms with van der Waals surface area (Å²) in [6, 6.07) is 7.79. The van der Waals surface area contributed by atoms with E-state index in [0.29, 0.717) is 16.1 Å². The highest BCUT2D eigenvalue weighted by molar-refractivity contribution is 9.10. The predicted octanol–water partition coefficient (Wildman–Crippen LogP) is 2.64. The summed E-state index contributed by atoms with van der Waals surface area (Å²) in [5.41, 5.74) is 0.614. The first-order chi connectivity index (χ1) is 12.0. The molecule has 0 atom stereocenters. The van der Waals surface area contributed by atoms with Gasteiger partial charge in [-0.3, -0.25) is 14.3 Å². The van der Waals surface area contributed by atoms with Crippen molar-refractivity contribution in [3.05, 3.63) is 46.3 Å². The monoisotopic (exact) mass is 443 g/mol. The van der Waals surface area contributed by atoms with E-state index in [2.05, 4.69) is 26.0 Å². The lowest BCUT2D eigenvalue weighted by molar-refractivity contribution is -0.114. The van der Waals surface area contributed by atoms with E-state index in [0.717, 1.165) is 6.26 Å². The Kier molecular flexibility index (Phi) is 6.09. The highest BCUT2D eigenvalue weighted by Gasteiger charge is 2.20. The number of benzene rings is 1. The van der Waals surface area contributed by atoms with Crippen molar-refractivity contribution in [2.45, 2.75) is 13.5 Å². The zero-order chi connectivity index (χ0) is 19.5. The molecule has 0 aliphatic carbocycles. The van der Waals surface area contributed by atoms with Gasteiger partial charge < -0.3 is 14.6 Å². The molecule has 0 aliphatic heterocycles. The Labute approximate surface area is 159 Å². The van der Waals surface area contributed by atoms with Gasteiger partial charge in [0.05, 0.1) is 24.1 Å². The smallest absolute Gasteiger partial charge is 0.256 e. The second-order valence-electron chi connectivity index (χ2n) is 5.68. The summed E-state index contributed by atoms with van der Waals surface area (Å²) < 4.78 is 31.4. The number of halogens is 1. The molecular weight excluding hydrogens is 426 g/mol. The van der Waals surface area contributed by atoms with Gasteiger partial charge in [0.25, 0.3) is 5.91 Å². The molecule has 0 fully saturated rings. The third-order valence-electron chi connectivity index (χ3n) is 3.23. The molecule has 2 aromatic rings. The van der Waals surface area contributed by atoms with Crippen molar-refractivity contribution in [1.82, 2.24) is 4.90 Å². The number of nitrogens with one attached hydrogen (secondary N) is 2. The minimum Gasteiger partial charge on any atom is -0.452 e. The van der Waals surface area contributed by atoms with Crippen LogP contribution in [0.2, 0.25) is 0 Å². The van der Waals surface area contributed by atoms with Crippen molar-refractivity contribution >= 4 is 49.1 Å². The van der Waals surface area contributed by atoms with Crippen LogP contribution < -0.4 is 10.0 Å². The summed E-state index contributed by atoms with van der Waals surface area (Å²) in [6.07, 6.45) is 0.993. The number of carbonyl (C=O) groups excluding carboxylic acids is 2. The number of carbonyl (C=O) groups is 2. The largest absolute Gasteiger partial charge is 0.452 e. The topological polar surface area (TPSA) is 109 Å². The number of rotatable bonds is 6. The van der Waals surface area contributed by atoms with Gasteiger partial charge in [0, 0.05) is 19.7 Å². The molecule has 0 saturated carbocycles. The Morgan fingerprint density at radius 1 is 1.23 bits per heavy atom. The quantitative estimate of drug-likeness (QED) is 0.712. The molecule has 2 N–H and O–H groups in total. The molecule has 140 valence electrons. The molecule has 0 unspecified atom stereocenters. The van der Waals surface area contributed by atoms with Gasteiger partial charge in [0.15, 0.2) is 4.67 Å². The van der Waals surface area contributed by atoms with E-state index < -0.39 is 15.9 Å². The van der Waals surface area contributed by atoms with Crippen LogP contribution in [-0.4, -0.2) is 38.4 Å². The highest BCUT2D eigenvalue weighted by Crippen LogP contribution is 2.24. The second kappa shape index (κ2) is 7.92. The number of nitrogens with zero attached hydrogens (tertiary/aromatic N) is 1. The zero-order valence-electron chi connectivity index (χ0n) is 14.4. The molecule has 0 bridgehead atoms. The molecular formula is C16H18BrN3O5S. The van der Waals surface area contributed by atoms with E-state index in [-0.39, 0.29) is 23.7 Å². The van der Waals surface area contributed by atoms with Crippen molar-refractivity contribution in [3.63, 3.8) is 0 Å². The van der Waals surface area contributed by atoms with Gasteiger partial charge in [0.1, 0.15) is 5.76 Å². The highest BCUT2D eigenvalue weighted by atomic mass is 79.9. The Hall–Kier alpha value is -2.33. The van der Waals surface area contributed by atoms with Crippen LogP contribution in [0.4, 0.5) is 11.4 Å². The van der Waals surface area contributed by atoms with Gasteiger partial charge >= 0.3 is 0 Å². The SMILES string of the molecule is CC(=O)Nc1ccc(NS(C)(=O)=O)c(C(=O)N(C)Cc2ccc(Br)o2)c1.